The molecule has 1 aromatic carbocycles. The first-order chi connectivity index (χ1) is 10.5. The molecule has 0 aliphatic heterocycles. The lowest BCUT2D eigenvalue weighted by Gasteiger charge is -2.34. The van der Waals surface area contributed by atoms with Crippen LogP contribution in [-0.2, 0) is 4.79 Å². The second-order valence-corrected chi connectivity index (χ2v) is 6.41. The monoisotopic (exact) mass is 301 g/mol. The first-order valence-electron chi connectivity index (χ1n) is 7.80. The number of benzene rings is 1. The van der Waals surface area contributed by atoms with Gasteiger partial charge in [0.05, 0.1) is 5.52 Å². The average molecular weight is 301 g/mol. The van der Waals surface area contributed by atoms with Gasteiger partial charge in [-0.2, -0.15) is 0 Å². The summed E-state index contributed by atoms with van der Waals surface area (Å²) in [6.07, 6.45) is 4.85. The third kappa shape index (κ3) is 2.96. The number of carbonyl (C=O) groups is 1. The number of hydrogen-bond donors (Lipinski definition) is 1. The Hall–Kier alpha value is -1.97. The molecule has 1 aliphatic carbocycles. The van der Waals surface area contributed by atoms with E-state index in [1.165, 1.54) is 6.07 Å². The van der Waals surface area contributed by atoms with Crippen LogP contribution in [0, 0.1) is 17.7 Å². The van der Waals surface area contributed by atoms with Crippen molar-refractivity contribution in [3.05, 3.63) is 41.8 Å². The van der Waals surface area contributed by atoms with E-state index < -0.39 is 5.97 Å². The highest BCUT2D eigenvalue weighted by Crippen LogP contribution is 2.42. The van der Waals surface area contributed by atoms with Gasteiger partial charge < -0.3 is 5.11 Å². The molecule has 3 atom stereocenters. The van der Waals surface area contributed by atoms with Crippen molar-refractivity contribution in [1.29, 1.82) is 0 Å². The standard InChI is InChI=1S/C18H20FNO2/c1-11-8-13(3-2-12(11)9-18(21)22)15-6-7-20-17-5-4-14(19)10-16(15)17/h4-7,10-13H,2-3,8-9H2,1H3,(H,21,22). The van der Waals surface area contributed by atoms with Crippen LogP contribution in [0.4, 0.5) is 4.39 Å². The molecule has 4 heteroatoms. The Morgan fingerprint density at radius 3 is 2.91 bits per heavy atom. The van der Waals surface area contributed by atoms with Crippen molar-refractivity contribution < 1.29 is 14.3 Å². The second-order valence-electron chi connectivity index (χ2n) is 6.41. The van der Waals surface area contributed by atoms with E-state index in [1.807, 2.05) is 6.07 Å². The summed E-state index contributed by atoms with van der Waals surface area (Å²) in [6, 6.07) is 6.70. The van der Waals surface area contributed by atoms with Crippen LogP contribution < -0.4 is 0 Å². The van der Waals surface area contributed by atoms with Crippen LogP contribution in [0.15, 0.2) is 30.5 Å². The van der Waals surface area contributed by atoms with Crippen molar-refractivity contribution in [2.75, 3.05) is 0 Å². The van der Waals surface area contributed by atoms with Crippen molar-refractivity contribution in [3.8, 4) is 0 Å². The van der Waals surface area contributed by atoms with E-state index in [-0.39, 0.29) is 18.2 Å². The Morgan fingerprint density at radius 1 is 1.36 bits per heavy atom. The first-order valence-corrected chi connectivity index (χ1v) is 7.80. The van der Waals surface area contributed by atoms with Gasteiger partial charge >= 0.3 is 5.97 Å². The van der Waals surface area contributed by atoms with Gasteiger partial charge in [-0.15, -0.1) is 0 Å². The number of halogens is 1. The summed E-state index contributed by atoms with van der Waals surface area (Å²) >= 11 is 0. The van der Waals surface area contributed by atoms with E-state index in [0.717, 1.165) is 35.7 Å². The minimum atomic E-state index is -0.716. The van der Waals surface area contributed by atoms with E-state index >= 15 is 0 Å². The predicted octanol–water partition coefficient (Wildman–Crippen LogP) is 4.37. The maximum atomic E-state index is 13.6. The minimum Gasteiger partial charge on any atom is -0.481 e. The molecule has 1 heterocycles. The number of fused-ring (bicyclic) bond motifs is 1. The Morgan fingerprint density at radius 2 is 2.18 bits per heavy atom. The number of rotatable bonds is 3. The zero-order valence-electron chi connectivity index (χ0n) is 12.6. The SMILES string of the molecule is CC1CC(c2ccnc3ccc(F)cc23)CCC1CC(=O)O. The summed E-state index contributed by atoms with van der Waals surface area (Å²) in [5.74, 6) is 0.0126. The quantitative estimate of drug-likeness (QED) is 0.916. The third-order valence-electron chi connectivity index (χ3n) is 4.96. The predicted molar refractivity (Wildman–Crippen MR) is 83.2 cm³/mol. The molecule has 1 aromatic heterocycles. The highest BCUT2D eigenvalue weighted by atomic mass is 19.1. The Labute approximate surface area is 129 Å². The number of carboxylic acid groups (broad SMARTS) is 1. The molecule has 0 amide bonds. The highest BCUT2D eigenvalue weighted by molar-refractivity contribution is 5.82. The lowest BCUT2D eigenvalue weighted by molar-refractivity contribution is -0.138. The maximum absolute atomic E-state index is 13.6. The molecular weight excluding hydrogens is 281 g/mol. The molecule has 1 fully saturated rings. The molecule has 3 nitrogen and oxygen atoms in total. The topological polar surface area (TPSA) is 50.2 Å². The summed E-state index contributed by atoms with van der Waals surface area (Å²) in [6.45, 7) is 2.13. The van der Waals surface area contributed by atoms with Gasteiger partial charge in [0.25, 0.3) is 0 Å². The molecular formula is C18H20FNO2. The molecule has 3 rings (SSSR count). The number of hydrogen-bond acceptors (Lipinski definition) is 2. The van der Waals surface area contributed by atoms with Gasteiger partial charge in [0.15, 0.2) is 0 Å². The Balaban J connectivity index is 1.87. The molecule has 0 bridgehead atoms. The number of pyridine rings is 1. The number of aliphatic carboxylic acids is 1. The maximum Gasteiger partial charge on any atom is 0.303 e. The smallest absolute Gasteiger partial charge is 0.303 e. The van der Waals surface area contributed by atoms with E-state index in [9.17, 15) is 9.18 Å². The summed E-state index contributed by atoms with van der Waals surface area (Å²) in [5.41, 5.74) is 1.96. The van der Waals surface area contributed by atoms with Gasteiger partial charge in [0.1, 0.15) is 5.82 Å². The van der Waals surface area contributed by atoms with Gasteiger partial charge in [-0.1, -0.05) is 6.92 Å². The van der Waals surface area contributed by atoms with Gasteiger partial charge in [-0.25, -0.2) is 4.39 Å². The molecule has 1 N–H and O–H groups in total. The van der Waals surface area contributed by atoms with Gasteiger partial charge in [0, 0.05) is 18.0 Å². The van der Waals surface area contributed by atoms with Crippen molar-refractivity contribution in [2.24, 2.45) is 11.8 Å². The second kappa shape index (κ2) is 6.03. The minimum absolute atomic E-state index is 0.241. The number of carboxylic acids is 1. The summed E-state index contributed by atoms with van der Waals surface area (Å²) in [5, 5.41) is 9.87. The molecule has 2 aromatic rings. The van der Waals surface area contributed by atoms with Gasteiger partial charge in [-0.3, -0.25) is 9.78 Å². The van der Waals surface area contributed by atoms with E-state index in [4.69, 9.17) is 5.11 Å². The van der Waals surface area contributed by atoms with Crippen LogP contribution in [0.3, 0.4) is 0 Å². The summed E-state index contributed by atoms with van der Waals surface area (Å²) in [7, 11) is 0. The average Bonchev–Trinajstić information content (AvgIpc) is 2.48. The fraction of sp³-hybridized carbons (Fsp3) is 0.444. The van der Waals surface area contributed by atoms with Crippen LogP contribution in [0.1, 0.15) is 44.1 Å². The zero-order chi connectivity index (χ0) is 15.7. The van der Waals surface area contributed by atoms with E-state index in [1.54, 1.807) is 18.3 Å². The van der Waals surface area contributed by atoms with Crippen LogP contribution in [0.5, 0.6) is 0 Å². The summed E-state index contributed by atoms with van der Waals surface area (Å²) in [4.78, 5) is 15.2. The number of nitrogens with zero attached hydrogens (tertiary/aromatic N) is 1. The molecule has 1 saturated carbocycles. The molecule has 3 unspecified atom stereocenters. The molecule has 1 aliphatic rings. The highest BCUT2D eigenvalue weighted by Gasteiger charge is 2.30. The molecule has 22 heavy (non-hydrogen) atoms. The van der Waals surface area contributed by atoms with Gasteiger partial charge in [-0.05, 0) is 66.8 Å². The third-order valence-corrected chi connectivity index (χ3v) is 4.96. The zero-order valence-corrected chi connectivity index (χ0v) is 12.6. The molecule has 0 radical (unpaired) electrons. The normalized spacial score (nSPS) is 25.3. The van der Waals surface area contributed by atoms with Crippen molar-refractivity contribution in [3.63, 3.8) is 0 Å². The fourth-order valence-corrected chi connectivity index (χ4v) is 3.76. The van der Waals surface area contributed by atoms with Crippen molar-refractivity contribution in [2.45, 2.75) is 38.5 Å². The lowest BCUT2D eigenvalue weighted by atomic mass is 9.71. The molecule has 0 spiro atoms. The number of aromatic nitrogens is 1. The summed E-state index contributed by atoms with van der Waals surface area (Å²) < 4.78 is 13.6. The lowest BCUT2D eigenvalue weighted by Crippen LogP contribution is -2.24. The Bertz CT molecular complexity index is 701. The molecule has 116 valence electrons. The van der Waals surface area contributed by atoms with Crippen LogP contribution >= 0.6 is 0 Å². The van der Waals surface area contributed by atoms with E-state index in [0.29, 0.717) is 11.8 Å². The van der Waals surface area contributed by atoms with Gasteiger partial charge in [0.2, 0.25) is 0 Å². The van der Waals surface area contributed by atoms with E-state index in [2.05, 4.69) is 11.9 Å². The largest absolute Gasteiger partial charge is 0.481 e. The van der Waals surface area contributed by atoms with Crippen molar-refractivity contribution >= 4 is 16.9 Å². The van der Waals surface area contributed by atoms with Crippen LogP contribution in [-0.4, -0.2) is 16.1 Å². The first kappa shape index (κ1) is 14.9. The van der Waals surface area contributed by atoms with Crippen LogP contribution in [0.25, 0.3) is 10.9 Å². The van der Waals surface area contributed by atoms with Crippen LogP contribution in [0.2, 0.25) is 0 Å². The molecule has 0 saturated heterocycles. The van der Waals surface area contributed by atoms with Crippen molar-refractivity contribution in [1.82, 2.24) is 4.98 Å². The fourth-order valence-electron chi connectivity index (χ4n) is 3.76. The Kier molecular flexibility index (Phi) is 4.10.